The Morgan fingerprint density at radius 2 is 1.90 bits per heavy atom. The number of anilines is 1. The molecule has 20 heavy (non-hydrogen) atoms. The Hall–Kier alpha value is -2.83. The number of pyridine rings is 1. The molecule has 0 unspecified atom stereocenters. The molecule has 0 saturated heterocycles. The van der Waals surface area contributed by atoms with Crippen molar-refractivity contribution in [1.29, 1.82) is 10.5 Å². The van der Waals surface area contributed by atoms with Crippen molar-refractivity contribution in [2.75, 3.05) is 5.73 Å². The lowest BCUT2D eigenvalue weighted by Crippen LogP contribution is -2.16. The summed E-state index contributed by atoms with van der Waals surface area (Å²) >= 11 is 5.58. The molecule has 0 radical (unpaired) electrons. The van der Waals surface area contributed by atoms with E-state index >= 15 is 0 Å². The number of halogens is 2. The summed E-state index contributed by atoms with van der Waals surface area (Å²) in [6.45, 7) is 0. The second kappa shape index (κ2) is 5.04. The van der Waals surface area contributed by atoms with Gasteiger partial charge < -0.3 is 10.7 Å². The molecule has 0 aliphatic heterocycles. The molecular weight excluding hydrogens is 283 g/mol. The first-order valence-electron chi connectivity index (χ1n) is 5.31. The van der Waals surface area contributed by atoms with E-state index in [4.69, 9.17) is 27.9 Å². The Balaban J connectivity index is 2.92. The van der Waals surface area contributed by atoms with Gasteiger partial charge in [-0.25, -0.2) is 4.39 Å². The Bertz CT molecular complexity index is 845. The molecule has 0 atom stereocenters. The van der Waals surface area contributed by atoms with Gasteiger partial charge in [0.1, 0.15) is 34.9 Å². The van der Waals surface area contributed by atoms with Gasteiger partial charge in [0, 0.05) is 5.56 Å². The van der Waals surface area contributed by atoms with Crippen LogP contribution in [0, 0.1) is 28.5 Å². The van der Waals surface area contributed by atoms with Crippen LogP contribution in [0.2, 0.25) is 5.02 Å². The summed E-state index contributed by atoms with van der Waals surface area (Å²) in [5.41, 5.74) is 4.58. The van der Waals surface area contributed by atoms with Gasteiger partial charge in [-0.2, -0.15) is 10.5 Å². The van der Waals surface area contributed by atoms with Crippen LogP contribution in [0.5, 0.6) is 0 Å². The van der Waals surface area contributed by atoms with E-state index in [0.29, 0.717) is 0 Å². The highest BCUT2D eigenvalue weighted by atomic mass is 35.5. The monoisotopic (exact) mass is 288 g/mol. The predicted molar refractivity (Wildman–Crippen MR) is 71.3 cm³/mol. The number of aromatic amines is 1. The number of hydrogen-bond donors (Lipinski definition) is 2. The van der Waals surface area contributed by atoms with Crippen LogP contribution >= 0.6 is 11.6 Å². The number of aromatic nitrogens is 1. The third-order valence-electron chi connectivity index (χ3n) is 2.68. The van der Waals surface area contributed by atoms with Crippen LogP contribution in [0.15, 0.2) is 23.0 Å². The van der Waals surface area contributed by atoms with Crippen LogP contribution in [-0.2, 0) is 0 Å². The Labute approximate surface area is 117 Å². The number of hydrogen-bond acceptors (Lipinski definition) is 4. The summed E-state index contributed by atoms with van der Waals surface area (Å²) < 4.78 is 13.5. The average molecular weight is 289 g/mol. The SMILES string of the molecule is N#Cc1c(N)[nH]c(=O)c(C#N)c1-c1ccc(Cl)c(F)c1. The minimum Gasteiger partial charge on any atom is -0.384 e. The Kier molecular flexibility index (Phi) is 3.43. The van der Waals surface area contributed by atoms with Crippen molar-refractivity contribution in [2.45, 2.75) is 0 Å². The summed E-state index contributed by atoms with van der Waals surface area (Å²) in [7, 11) is 0. The normalized spacial score (nSPS) is 9.80. The van der Waals surface area contributed by atoms with Gasteiger partial charge in [0.05, 0.1) is 5.02 Å². The van der Waals surface area contributed by atoms with Crippen LogP contribution in [0.3, 0.4) is 0 Å². The lowest BCUT2D eigenvalue weighted by molar-refractivity contribution is 0.629. The number of nitriles is 2. The number of benzene rings is 1. The van der Waals surface area contributed by atoms with E-state index in [2.05, 4.69) is 4.98 Å². The molecule has 2 rings (SSSR count). The van der Waals surface area contributed by atoms with E-state index < -0.39 is 11.4 Å². The number of nitrogens with two attached hydrogens (primary N) is 1. The summed E-state index contributed by atoms with van der Waals surface area (Å²) in [6.07, 6.45) is 0. The fourth-order valence-electron chi connectivity index (χ4n) is 1.78. The third-order valence-corrected chi connectivity index (χ3v) is 2.98. The molecule has 3 N–H and O–H groups in total. The van der Waals surface area contributed by atoms with Crippen LogP contribution in [-0.4, -0.2) is 4.98 Å². The minimum atomic E-state index is -0.741. The molecule has 7 heteroatoms. The molecule has 0 aliphatic carbocycles. The van der Waals surface area contributed by atoms with E-state index in [9.17, 15) is 9.18 Å². The molecule has 1 heterocycles. The highest BCUT2D eigenvalue weighted by Crippen LogP contribution is 2.30. The average Bonchev–Trinajstić information content (AvgIpc) is 2.41. The quantitative estimate of drug-likeness (QED) is 0.838. The number of nitrogens with one attached hydrogen (secondary N) is 1. The second-order valence-electron chi connectivity index (χ2n) is 3.85. The lowest BCUT2D eigenvalue weighted by Gasteiger charge is -2.09. The first kappa shape index (κ1) is 13.6. The molecule has 0 aliphatic rings. The molecule has 0 saturated carbocycles. The summed E-state index contributed by atoms with van der Waals surface area (Å²) in [6, 6.07) is 7.20. The molecule has 98 valence electrons. The fourth-order valence-corrected chi connectivity index (χ4v) is 1.90. The maximum atomic E-state index is 13.5. The first-order valence-corrected chi connectivity index (χ1v) is 5.68. The topological polar surface area (TPSA) is 106 Å². The van der Waals surface area contributed by atoms with E-state index in [1.165, 1.54) is 12.1 Å². The smallest absolute Gasteiger partial charge is 0.268 e. The van der Waals surface area contributed by atoms with Gasteiger partial charge in [0.25, 0.3) is 5.56 Å². The minimum absolute atomic E-state index is 0.00758. The standard InChI is InChI=1S/C13H6ClFN4O/c14-9-2-1-6(3-10(9)15)11-7(4-16)12(18)19-13(20)8(11)5-17/h1-3H,(H3,18,19,20). The van der Waals surface area contributed by atoms with Crippen molar-refractivity contribution in [1.82, 2.24) is 4.98 Å². The molecule has 1 aromatic carbocycles. The van der Waals surface area contributed by atoms with Gasteiger partial charge >= 0.3 is 0 Å². The Morgan fingerprint density at radius 1 is 1.25 bits per heavy atom. The maximum Gasteiger partial charge on any atom is 0.268 e. The molecule has 2 aromatic rings. The van der Waals surface area contributed by atoms with Crippen LogP contribution in [0.1, 0.15) is 11.1 Å². The van der Waals surface area contributed by atoms with Gasteiger partial charge in [-0.3, -0.25) is 4.79 Å². The predicted octanol–water partition coefficient (Wildman–Crippen LogP) is 2.16. The summed E-state index contributed by atoms with van der Waals surface area (Å²) in [4.78, 5) is 13.9. The molecule has 0 bridgehead atoms. The van der Waals surface area contributed by atoms with Crippen molar-refractivity contribution in [3.63, 3.8) is 0 Å². The summed E-state index contributed by atoms with van der Waals surface area (Å²) in [5.74, 6) is -0.905. The highest BCUT2D eigenvalue weighted by molar-refractivity contribution is 6.30. The molecule has 0 amide bonds. The van der Waals surface area contributed by atoms with E-state index in [0.717, 1.165) is 6.07 Å². The van der Waals surface area contributed by atoms with Gasteiger partial charge in [-0.1, -0.05) is 17.7 Å². The molecule has 5 nitrogen and oxygen atoms in total. The lowest BCUT2D eigenvalue weighted by atomic mass is 9.96. The van der Waals surface area contributed by atoms with Crippen LogP contribution < -0.4 is 11.3 Å². The van der Waals surface area contributed by atoms with E-state index in [-0.39, 0.29) is 33.1 Å². The van der Waals surface area contributed by atoms with Crippen molar-refractivity contribution < 1.29 is 4.39 Å². The van der Waals surface area contributed by atoms with Crippen LogP contribution in [0.25, 0.3) is 11.1 Å². The van der Waals surface area contributed by atoms with Gasteiger partial charge in [0.15, 0.2) is 0 Å². The van der Waals surface area contributed by atoms with Gasteiger partial charge in [-0.05, 0) is 17.7 Å². The van der Waals surface area contributed by atoms with Crippen molar-refractivity contribution in [2.24, 2.45) is 0 Å². The van der Waals surface area contributed by atoms with E-state index in [1.807, 2.05) is 0 Å². The van der Waals surface area contributed by atoms with Crippen LogP contribution in [0.4, 0.5) is 10.2 Å². The Morgan fingerprint density at radius 3 is 2.45 bits per heavy atom. The zero-order valence-electron chi connectivity index (χ0n) is 9.87. The van der Waals surface area contributed by atoms with Gasteiger partial charge in [0.2, 0.25) is 0 Å². The molecular formula is C13H6ClFN4O. The van der Waals surface area contributed by atoms with Crippen molar-refractivity contribution in [3.05, 3.63) is 50.5 Å². The molecule has 1 aromatic heterocycles. The highest BCUT2D eigenvalue weighted by Gasteiger charge is 2.18. The summed E-state index contributed by atoms with van der Waals surface area (Å²) in [5, 5.41) is 18.1. The van der Waals surface area contributed by atoms with Crippen molar-refractivity contribution >= 4 is 17.4 Å². The number of nitrogens with zero attached hydrogens (tertiary/aromatic N) is 2. The zero-order valence-corrected chi connectivity index (χ0v) is 10.6. The third kappa shape index (κ3) is 2.09. The van der Waals surface area contributed by atoms with E-state index in [1.54, 1.807) is 12.1 Å². The number of rotatable bonds is 1. The maximum absolute atomic E-state index is 13.5. The first-order chi connectivity index (χ1) is 9.49. The number of H-pyrrole nitrogens is 1. The fraction of sp³-hybridized carbons (Fsp3) is 0. The largest absolute Gasteiger partial charge is 0.384 e. The van der Waals surface area contributed by atoms with Crippen molar-refractivity contribution in [3.8, 4) is 23.3 Å². The van der Waals surface area contributed by atoms with Gasteiger partial charge in [-0.15, -0.1) is 0 Å². The molecule has 0 fully saturated rings. The number of nitrogen functional groups attached to an aromatic ring is 1. The second-order valence-corrected chi connectivity index (χ2v) is 4.25. The zero-order chi connectivity index (χ0) is 14.9. The molecule has 0 spiro atoms.